The van der Waals surface area contributed by atoms with E-state index in [1.807, 2.05) is 0 Å². The van der Waals surface area contributed by atoms with Crippen LogP contribution in [0.1, 0.15) is 17.3 Å². The largest absolute Gasteiger partial charge is 0.497 e. The first-order valence-corrected chi connectivity index (χ1v) is 3.71. The Morgan fingerprint density at radius 1 is 1.46 bits per heavy atom. The Labute approximate surface area is 75.5 Å². The summed E-state index contributed by atoms with van der Waals surface area (Å²) in [5, 5.41) is 2.75. The summed E-state index contributed by atoms with van der Waals surface area (Å²) < 4.78 is 4.88. The topological polar surface area (TPSA) is 55.7 Å². The zero-order valence-corrected chi connectivity index (χ0v) is 7.40. The molecule has 0 atom stereocenters. The molecular formula is C9H9NO3. The van der Waals surface area contributed by atoms with E-state index in [4.69, 9.17) is 4.74 Å². The van der Waals surface area contributed by atoms with Crippen LogP contribution in [0, 0.1) is 4.91 Å². The van der Waals surface area contributed by atoms with Crippen molar-refractivity contribution >= 4 is 11.5 Å². The highest BCUT2D eigenvalue weighted by molar-refractivity contribution is 5.99. The van der Waals surface area contributed by atoms with E-state index >= 15 is 0 Å². The quantitative estimate of drug-likeness (QED) is 0.528. The Hall–Kier alpha value is -1.71. The van der Waals surface area contributed by atoms with Gasteiger partial charge < -0.3 is 4.74 Å². The lowest BCUT2D eigenvalue weighted by Crippen LogP contribution is -1.93. The molecule has 0 saturated heterocycles. The van der Waals surface area contributed by atoms with Gasteiger partial charge in [-0.05, 0) is 24.2 Å². The van der Waals surface area contributed by atoms with Crippen LogP contribution in [0.2, 0.25) is 0 Å². The van der Waals surface area contributed by atoms with Crippen molar-refractivity contribution in [2.24, 2.45) is 5.18 Å². The normalized spacial score (nSPS) is 9.38. The number of carbonyl (C=O) groups is 1. The fourth-order valence-electron chi connectivity index (χ4n) is 1.01. The molecule has 1 rings (SSSR count). The van der Waals surface area contributed by atoms with Crippen molar-refractivity contribution in [1.82, 2.24) is 0 Å². The number of ketones is 1. The number of nitroso groups, excluding NO2 is 1. The fourth-order valence-corrected chi connectivity index (χ4v) is 1.01. The van der Waals surface area contributed by atoms with Crippen LogP contribution < -0.4 is 4.74 Å². The van der Waals surface area contributed by atoms with Gasteiger partial charge in [-0.1, -0.05) is 0 Å². The molecule has 4 heteroatoms. The number of hydrogen-bond acceptors (Lipinski definition) is 4. The summed E-state index contributed by atoms with van der Waals surface area (Å²) in [6.45, 7) is 1.39. The minimum absolute atomic E-state index is 0.117. The van der Waals surface area contributed by atoms with Gasteiger partial charge in [-0.15, -0.1) is 4.91 Å². The molecule has 4 nitrogen and oxygen atoms in total. The number of nitrogens with zero attached hydrogens (tertiary/aromatic N) is 1. The highest BCUT2D eigenvalue weighted by Gasteiger charge is 2.08. The highest BCUT2D eigenvalue weighted by Crippen LogP contribution is 2.25. The maximum absolute atomic E-state index is 11.0. The number of Topliss-reactive ketones (excluding diaryl/α,β-unsaturated/α-hetero) is 1. The fraction of sp³-hybridized carbons (Fsp3) is 0.222. The van der Waals surface area contributed by atoms with Crippen LogP contribution in [-0.4, -0.2) is 12.9 Å². The Balaban J connectivity index is 3.23. The van der Waals surface area contributed by atoms with Gasteiger partial charge in [0.05, 0.1) is 7.11 Å². The molecule has 0 N–H and O–H groups in total. The SMILES string of the molecule is COc1ccc(C(C)=O)c(N=O)c1. The van der Waals surface area contributed by atoms with Crippen LogP contribution in [0.4, 0.5) is 5.69 Å². The van der Waals surface area contributed by atoms with E-state index < -0.39 is 0 Å². The summed E-state index contributed by atoms with van der Waals surface area (Å²) in [5.74, 6) is 0.330. The summed E-state index contributed by atoms with van der Waals surface area (Å²) in [6, 6.07) is 4.58. The van der Waals surface area contributed by atoms with E-state index in [0.717, 1.165) is 0 Å². The van der Waals surface area contributed by atoms with Gasteiger partial charge in [0.1, 0.15) is 11.4 Å². The molecule has 0 radical (unpaired) electrons. The van der Waals surface area contributed by atoms with Crippen molar-refractivity contribution in [2.75, 3.05) is 7.11 Å². The number of carbonyl (C=O) groups excluding carboxylic acids is 1. The van der Waals surface area contributed by atoms with Crippen molar-refractivity contribution in [1.29, 1.82) is 0 Å². The molecule has 1 aromatic rings. The maximum atomic E-state index is 11.0. The molecule has 0 spiro atoms. The first-order chi connectivity index (χ1) is 6.19. The van der Waals surface area contributed by atoms with Gasteiger partial charge in [0.25, 0.3) is 0 Å². The molecule has 0 unspecified atom stereocenters. The second-order valence-electron chi connectivity index (χ2n) is 2.53. The molecule has 0 saturated carbocycles. The average molecular weight is 179 g/mol. The number of ether oxygens (including phenoxy) is 1. The third-order valence-electron chi connectivity index (χ3n) is 1.68. The first-order valence-electron chi connectivity index (χ1n) is 3.71. The van der Waals surface area contributed by atoms with Crippen LogP contribution in [0.3, 0.4) is 0 Å². The lowest BCUT2D eigenvalue weighted by molar-refractivity contribution is 0.101. The van der Waals surface area contributed by atoms with Gasteiger partial charge in [0, 0.05) is 11.6 Å². The van der Waals surface area contributed by atoms with Gasteiger partial charge in [0.15, 0.2) is 5.78 Å². The van der Waals surface area contributed by atoms with E-state index in [-0.39, 0.29) is 11.5 Å². The van der Waals surface area contributed by atoms with E-state index in [2.05, 4.69) is 5.18 Å². The van der Waals surface area contributed by atoms with Crippen molar-refractivity contribution < 1.29 is 9.53 Å². The zero-order valence-electron chi connectivity index (χ0n) is 7.40. The monoisotopic (exact) mass is 179 g/mol. The van der Waals surface area contributed by atoms with Crippen molar-refractivity contribution in [3.63, 3.8) is 0 Å². The van der Waals surface area contributed by atoms with Crippen LogP contribution in [-0.2, 0) is 0 Å². The summed E-state index contributed by atoms with van der Waals surface area (Å²) in [7, 11) is 1.48. The summed E-state index contributed by atoms with van der Waals surface area (Å²) in [4.78, 5) is 21.3. The lowest BCUT2D eigenvalue weighted by Gasteiger charge is -2.02. The van der Waals surface area contributed by atoms with Crippen LogP contribution in [0.5, 0.6) is 5.75 Å². The van der Waals surface area contributed by atoms with Crippen LogP contribution >= 0.6 is 0 Å². The molecule has 1 aromatic carbocycles. The lowest BCUT2D eigenvalue weighted by atomic mass is 10.1. The van der Waals surface area contributed by atoms with Crippen LogP contribution in [0.15, 0.2) is 23.4 Å². The Morgan fingerprint density at radius 3 is 2.62 bits per heavy atom. The number of rotatable bonds is 3. The standard InChI is InChI=1S/C9H9NO3/c1-6(11)8-4-3-7(13-2)5-9(8)10-12/h3-5H,1-2H3. The molecule has 0 heterocycles. The molecular weight excluding hydrogens is 170 g/mol. The molecule has 0 aliphatic carbocycles. The highest BCUT2D eigenvalue weighted by atomic mass is 16.5. The van der Waals surface area contributed by atoms with E-state index in [1.165, 1.54) is 26.2 Å². The van der Waals surface area contributed by atoms with Crippen LogP contribution in [0.25, 0.3) is 0 Å². The average Bonchev–Trinajstić information content (AvgIpc) is 2.16. The van der Waals surface area contributed by atoms with Gasteiger partial charge in [-0.25, -0.2) is 0 Å². The number of methoxy groups -OCH3 is 1. The molecule has 0 bridgehead atoms. The molecule has 0 aliphatic rings. The predicted octanol–water partition coefficient (Wildman–Crippen LogP) is 2.30. The molecule has 68 valence electrons. The molecule has 0 aliphatic heterocycles. The van der Waals surface area contributed by atoms with Gasteiger partial charge in [-0.3, -0.25) is 4.79 Å². The van der Waals surface area contributed by atoms with E-state index in [0.29, 0.717) is 11.3 Å². The third kappa shape index (κ3) is 1.90. The summed E-state index contributed by atoms with van der Waals surface area (Å²) >= 11 is 0. The zero-order chi connectivity index (χ0) is 9.84. The maximum Gasteiger partial charge on any atom is 0.162 e. The molecule has 0 aromatic heterocycles. The second-order valence-corrected chi connectivity index (χ2v) is 2.53. The molecule has 0 fully saturated rings. The Bertz CT molecular complexity index is 347. The van der Waals surface area contributed by atoms with Crippen molar-refractivity contribution in [2.45, 2.75) is 6.92 Å². The Kier molecular flexibility index (Phi) is 2.74. The number of benzene rings is 1. The van der Waals surface area contributed by atoms with Gasteiger partial charge in [-0.2, -0.15) is 0 Å². The molecule has 13 heavy (non-hydrogen) atoms. The van der Waals surface area contributed by atoms with Gasteiger partial charge in [0.2, 0.25) is 0 Å². The van der Waals surface area contributed by atoms with Crippen molar-refractivity contribution in [3.8, 4) is 5.75 Å². The third-order valence-corrected chi connectivity index (χ3v) is 1.68. The van der Waals surface area contributed by atoms with E-state index in [9.17, 15) is 9.70 Å². The van der Waals surface area contributed by atoms with Crippen molar-refractivity contribution in [3.05, 3.63) is 28.7 Å². The smallest absolute Gasteiger partial charge is 0.162 e. The molecule has 0 amide bonds. The van der Waals surface area contributed by atoms with E-state index in [1.54, 1.807) is 6.07 Å². The first kappa shape index (κ1) is 9.38. The summed E-state index contributed by atoms with van der Waals surface area (Å²) in [5.41, 5.74) is 0.433. The predicted molar refractivity (Wildman–Crippen MR) is 48.5 cm³/mol. The number of hydrogen-bond donors (Lipinski definition) is 0. The Morgan fingerprint density at radius 2 is 2.15 bits per heavy atom. The second kappa shape index (κ2) is 3.80. The minimum Gasteiger partial charge on any atom is -0.497 e. The summed E-state index contributed by atoms with van der Waals surface area (Å²) in [6.07, 6.45) is 0. The minimum atomic E-state index is -0.183. The van der Waals surface area contributed by atoms with Gasteiger partial charge >= 0.3 is 0 Å².